The molecule has 94 valence electrons. The Morgan fingerprint density at radius 1 is 1.56 bits per heavy atom. The van der Waals surface area contributed by atoms with Gasteiger partial charge in [-0.1, -0.05) is 36.4 Å². The predicted octanol–water partition coefficient (Wildman–Crippen LogP) is 4.20. The van der Waals surface area contributed by atoms with Gasteiger partial charge in [-0.2, -0.15) is 0 Å². The molecule has 1 aliphatic rings. The van der Waals surface area contributed by atoms with Gasteiger partial charge in [-0.05, 0) is 35.7 Å². The minimum Gasteiger partial charge on any atom is -0.279 e. The summed E-state index contributed by atoms with van der Waals surface area (Å²) in [5.41, 5.74) is 0.442. The smallest absolute Gasteiger partial charge is 0.244 e. The highest BCUT2D eigenvalue weighted by molar-refractivity contribution is 8.45. The topological polar surface area (TPSA) is 29.4 Å². The van der Waals surface area contributed by atoms with Crippen molar-refractivity contribution in [2.45, 2.75) is 6.92 Å². The van der Waals surface area contributed by atoms with E-state index in [1.165, 1.54) is 30.0 Å². The van der Waals surface area contributed by atoms with Crippen LogP contribution < -0.4 is 0 Å². The number of carbonyl (C=O) groups is 1. The molecule has 0 aliphatic carbocycles. The molecule has 2 nitrogen and oxygen atoms in total. The molecule has 0 amide bonds. The van der Waals surface area contributed by atoms with Gasteiger partial charge in [0.05, 0.1) is 5.02 Å². The van der Waals surface area contributed by atoms with Crippen LogP contribution in [0, 0.1) is 5.82 Å². The van der Waals surface area contributed by atoms with E-state index in [1.54, 1.807) is 6.07 Å². The Balaban J connectivity index is 2.36. The van der Waals surface area contributed by atoms with E-state index in [9.17, 15) is 9.18 Å². The second-order valence-corrected chi connectivity index (χ2v) is 6.25. The van der Waals surface area contributed by atoms with Gasteiger partial charge in [-0.15, -0.1) is 0 Å². The highest BCUT2D eigenvalue weighted by Crippen LogP contribution is 2.32. The van der Waals surface area contributed by atoms with Gasteiger partial charge in [-0.25, -0.2) is 9.38 Å². The van der Waals surface area contributed by atoms with Crippen LogP contribution in [0.5, 0.6) is 0 Å². The molecular weight excluding hydrogens is 293 g/mol. The lowest BCUT2D eigenvalue weighted by molar-refractivity contribution is -0.107. The van der Waals surface area contributed by atoms with E-state index in [0.717, 1.165) is 17.5 Å². The average Bonchev–Trinajstić information content (AvgIpc) is 2.65. The normalized spacial score (nSPS) is 17.4. The van der Waals surface area contributed by atoms with Crippen LogP contribution >= 0.6 is 35.1 Å². The van der Waals surface area contributed by atoms with Crippen LogP contribution in [0.2, 0.25) is 5.02 Å². The maximum absolute atomic E-state index is 13.6. The van der Waals surface area contributed by atoms with E-state index in [1.807, 2.05) is 6.92 Å². The van der Waals surface area contributed by atoms with Gasteiger partial charge in [-0.3, -0.25) is 4.79 Å². The van der Waals surface area contributed by atoms with Crippen LogP contribution in [0.3, 0.4) is 0 Å². The minimum atomic E-state index is -0.459. The Morgan fingerprint density at radius 2 is 2.33 bits per heavy atom. The molecule has 0 bridgehead atoms. The number of hydrogen-bond donors (Lipinski definition) is 0. The van der Waals surface area contributed by atoms with E-state index >= 15 is 0 Å². The number of benzene rings is 1. The van der Waals surface area contributed by atoms with Crippen molar-refractivity contribution in [2.24, 2.45) is 4.99 Å². The summed E-state index contributed by atoms with van der Waals surface area (Å²) in [7, 11) is 0. The maximum Gasteiger partial charge on any atom is 0.244 e. The van der Waals surface area contributed by atoms with E-state index in [0.29, 0.717) is 4.38 Å². The fourth-order valence-corrected chi connectivity index (χ4v) is 3.32. The molecule has 0 radical (unpaired) electrons. The molecule has 0 unspecified atom stereocenters. The molecule has 0 N–H and O–H groups in total. The SMILES string of the molecule is CCSC1=NC(=Cc2c(F)cccc2Cl)C(=O)S1. The van der Waals surface area contributed by atoms with Crippen molar-refractivity contribution in [1.82, 2.24) is 0 Å². The molecule has 0 spiro atoms. The van der Waals surface area contributed by atoms with E-state index in [-0.39, 0.29) is 21.4 Å². The first kappa shape index (κ1) is 13.6. The number of aliphatic imine (C=N–C) groups is 1. The fourth-order valence-electron chi connectivity index (χ4n) is 1.36. The van der Waals surface area contributed by atoms with Crippen LogP contribution in [-0.4, -0.2) is 15.2 Å². The largest absolute Gasteiger partial charge is 0.279 e. The molecule has 1 aliphatic heterocycles. The Morgan fingerprint density at radius 3 is 3.00 bits per heavy atom. The van der Waals surface area contributed by atoms with Crippen LogP contribution in [0.4, 0.5) is 4.39 Å². The quantitative estimate of drug-likeness (QED) is 0.767. The van der Waals surface area contributed by atoms with Crippen LogP contribution in [0.25, 0.3) is 6.08 Å². The first-order valence-electron chi connectivity index (χ1n) is 5.21. The summed E-state index contributed by atoms with van der Waals surface area (Å²) in [6.45, 7) is 1.98. The second kappa shape index (κ2) is 5.91. The summed E-state index contributed by atoms with van der Waals surface area (Å²) in [5.74, 6) is 0.381. The van der Waals surface area contributed by atoms with Gasteiger partial charge in [0, 0.05) is 5.56 Å². The summed E-state index contributed by atoms with van der Waals surface area (Å²) in [5, 5.41) is 0.0948. The van der Waals surface area contributed by atoms with Crippen LogP contribution in [0.1, 0.15) is 12.5 Å². The third kappa shape index (κ3) is 2.96. The Kier molecular flexibility index (Phi) is 4.48. The predicted molar refractivity (Wildman–Crippen MR) is 77.6 cm³/mol. The monoisotopic (exact) mass is 301 g/mol. The van der Waals surface area contributed by atoms with Gasteiger partial charge < -0.3 is 0 Å². The lowest BCUT2D eigenvalue weighted by Crippen LogP contribution is -1.90. The first-order chi connectivity index (χ1) is 8.61. The number of hydrogen-bond acceptors (Lipinski definition) is 4. The zero-order valence-corrected chi connectivity index (χ0v) is 11.8. The maximum atomic E-state index is 13.6. The lowest BCUT2D eigenvalue weighted by Gasteiger charge is -1.99. The third-order valence-electron chi connectivity index (χ3n) is 2.15. The number of thioether (sulfide) groups is 2. The lowest BCUT2D eigenvalue weighted by atomic mass is 10.2. The van der Waals surface area contributed by atoms with Gasteiger partial charge in [0.15, 0.2) is 0 Å². The third-order valence-corrected chi connectivity index (χ3v) is 4.37. The van der Waals surface area contributed by atoms with E-state index in [2.05, 4.69) is 4.99 Å². The van der Waals surface area contributed by atoms with E-state index < -0.39 is 5.82 Å². The molecule has 0 fully saturated rings. The summed E-state index contributed by atoms with van der Waals surface area (Å²) < 4.78 is 14.3. The number of nitrogens with zero attached hydrogens (tertiary/aromatic N) is 1. The van der Waals surface area contributed by atoms with Crippen LogP contribution in [-0.2, 0) is 4.79 Å². The molecule has 0 atom stereocenters. The molecule has 0 aromatic heterocycles. The zero-order chi connectivity index (χ0) is 13.1. The minimum absolute atomic E-state index is 0.176. The van der Waals surface area contributed by atoms with Crippen molar-refractivity contribution in [2.75, 3.05) is 5.75 Å². The molecule has 1 aromatic carbocycles. The van der Waals surface area contributed by atoms with Crippen molar-refractivity contribution in [3.05, 3.63) is 40.3 Å². The van der Waals surface area contributed by atoms with Crippen molar-refractivity contribution >= 4 is 50.7 Å². The Hall–Kier alpha value is -0.780. The number of halogens is 2. The Labute approximate surface area is 118 Å². The average molecular weight is 302 g/mol. The second-order valence-electron chi connectivity index (χ2n) is 3.37. The Bertz CT molecular complexity index is 537. The van der Waals surface area contributed by atoms with Crippen molar-refractivity contribution in [3.63, 3.8) is 0 Å². The molecule has 0 saturated carbocycles. The molecule has 6 heteroatoms. The highest BCUT2D eigenvalue weighted by Gasteiger charge is 2.22. The van der Waals surface area contributed by atoms with Crippen molar-refractivity contribution in [1.29, 1.82) is 0 Å². The zero-order valence-electron chi connectivity index (χ0n) is 9.44. The molecule has 0 saturated heterocycles. The summed E-state index contributed by atoms with van der Waals surface area (Å²) in [6.07, 6.45) is 1.40. The van der Waals surface area contributed by atoms with Gasteiger partial charge in [0.2, 0.25) is 5.12 Å². The molecular formula is C12H9ClFNOS2. The standard InChI is InChI=1S/C12H9ClFNOS2/c1-2-17-12-15-10(11(16)18-12)6-7-8(13)4-3-5-9(7)14/h3-6H,2H2,1H3. The summed E-state index contributed by atoms with van der Waals surface area (Å²) in [4.78, 5) is 15.9. The number of carbonyl (C=O) groups excluding carboxylic acids is 1. The van der Waals surface area contributed by atoms with Gasteiger partial charge in [0.1, 0.15) is 15.9 Å². The summed E-state index contributed by atoms with van der Waals surface area (Å²) >= 11 is 8.46. The molecule has 2 rings (SSSR count). The number of rotatable bonds is 2. The van der Waals surface area contributed by atoms with Gasteiger partial charge >= 0.3 is 0 Å². The summed E-state index contributed by atoms with van der Waals surface area (Å²) in [6, 6.07) is 4.40. The molecule has 1 heterocycles. The molecule has 1 aromatic rings. The van der Waals surface area contributed by atoms with Crippen molar-refractivity contribution in [3.8, 4) is 0 Å². The van der Waals surface area contributed by atoms with Crippen LogP contribution in [0.15, 0.2) is 28.9 Å². The first-order valence-corrected chi connectivity index (χ1v) is 7.39. The van der Waals surface area contributed by atoms with E-state index in [4.69, 9.17) is 11.6 Å². The fraction of sp³-hybridized carbons (Fsp3) is 0.167. The molecule has 18 heavy (non-hydrogen) atoms. The van der Waals surface area contributed by atoms with Gasteiger partial charge in [0.25, 0.3) is 0 Å². The highest BCUT2D eigenvalue weighted by atomic mass is 35.5. The van der Waals surface area contributed by atoms with Crippen molar-refractivity contribution < 1.29 is 9.18 Å².